The largest absolute Gasteiger partial charge is 0.396 e. The molecule has 5 heteroatoms. The summed E-state index contributed by atoms with van der Waals surface area (Å²) in [4.78, 5) is 2.30. The molecule has 1 aromatic carbocycles. The fourth-order valence-corrected chi connectivity index (χ4v) is 2.64. The van der Waals surface area contributed by atoms with Crippen LogP contribution in [0.4, 0.5) is 5.69 Å². The average molecular weight is 282 g/mol. The number of nitrogen functional groups attached to an aromatic ring is 1. The molecular weight excluding hydrogens is 262 g/mol. The number of nitrogens with two attached hydrogens (primary N) is 1. The zero-order chi connectivity index (χ0) is 13.8. The van der Waals surface area contributed by atoms with Gasteiger partial charge in [0.1, 0.15) is 5.84 Å². The van der Waals surface area contributed by atoms with Gasteiger partial charge in [-0.1, -0.05) is 11.6 Å². The van der Waals surface area contributed by atoms with Crippen LogP contribution < -0.4 is 10.6 Å². The summed E-state index contributed by atoms with van der Waals surface area (Å²) in [5.74, 6) is -0.0119. The molecule has 2 rings (SSSR count). The first-order valence-electron chi connectivity index (χ1n) is 6.65. The van der Waals surface area contributed by atoms with Crippen molar-refractivity contribution in [1.29, 1.82) is 5.41 Å². The lowest BCUT2D eigenvalue weighted by atomic mass is 9.90. The summed E-state index contributed by atoms with van der Waals surface area (Å²) in [6.07, 6.45) is 4.40. The van der Waals surface area contributed by atoms with Crippen molar-refractivity contribution in [2.45, 2.75) is 31.7 Å². The molecule has 1 aromatic rings. The first-order valence-corrected chi connectivity index (χ1v) is 7.02. The standard InChI is InChI=1S/C14H20ClN3O/c15-13-9-11(5-6-12(13)14(16)17)18(7-2-8-19)10-3-1-4-10/h5-6,9-10,19H,1-4,7-8H2,(H3,16,17). The van der Waals surface area contributed by atoms with Crippen LogP contribution >= 0.6 is 11.6 Å². The Balaban J connectivity index is 2.20. The van der Waals surface area contributed by atoms with Gasteiger partial charge in [-0.15, -0.1) is 0 Å². The molecule has 1 saturated carbocycles. The van der Waals surface area contributed by atoms with E-state index in [9.17, 15) is 0 Å². The second-order valence-corrected chi connectivity index (χ2v) is 5.34. The van der Waals surface area contributed by atoms with Crippen LogP contribution in [0.5, 0.6) is 0 Å². The minimum atomic E-state index is -0.0119. The van der Waals surface area contributed by atoms with Crippen LogP contribution in [-0.4, -0.2) is 30.1 Å². The minimum absolute atomic E-state index is 0.0119. The van der Waals surface area contributed by atoms with Crippen molar-refractivity contribution in [1.82, 2.24) is 0 Å². The number of halogens is 1. The maximum Gasteiger partial charge on any atom is 0.124 e. The second kappa shape index (κ2) is 6.26. The predicted molar refractivity (Wildman–Crippen MR) is 79.2 cm³/mol. The lowest BCUT2D eigenvalue weighted by molar-refractivity contribution is 0.283. The van der Waals surface area contributed by atoms with Crippen LogP contribution in [0.1, 0.15) is 31.2 Å². The number of nitrogens with zero attached hydrogens (tertiary/aromatic N) is 1. The van der Waals surface area contributed by atoms with Crippen molar-refractivity contribution < 1.29 is 5.11 Å². The monoisotopic (exact) mass is 281 g/mol. The predicted octanol–water partition coefficient (Wildman–Crippen LogP) is 2.37. The molecule has 4 N–H and O–H groups in total. The Morgan fingerprint density at radius 3 is 2.68 bits per heavy atom. The molecule has 0 aromatic heterocycles. The van der Waals surface area contributed by atoms with Gasteiger partial charge in [0, 0.05) is 30.4 Å². The van der Waals surface area contributed by atoms with E-state index in [1.54, 1.807) is 6.07 Å². The molecule has 0 spiro atoms. The topological polar surface area (TPSA) is 73.3 Å². The van der Waals surface area contributed by atoms with Gasteiger partial charge in [0.15, 0.2) is 0 Å². The molecule has 0 atom stereocenters. The highest BCUT2D eigenvalue weighted by Crippen LogP contribution is 2.32. The van der Waals surface area contributed by atoms with E-state index in [0.29, 0.717) is 16.6 Å². The minimum Gasteiger partial charge on any atom is -0.396 e. The number of aliphatic hydroxyl groups excluding tert-OH is 1. The third-order valence-corrected chi connectivity index (χ3v) is 3.96. The van der Waals surface area contributed by atoms with Gasteiger partial charge >= 0.3 is 0 Å². The van der Waals surface area contributed by atoms with Crippen molar-refractivity contribution in [2.75, 3.05) is 18.1 Å². The van der Waals surface area contributed by atoms with Gasteiger partial charge in [-0.05, 0) is 43.9 Å². The molecule has 0 bridgehead atoms. The number of nitrogens with one attached hydrogen (secondary N) is 1. The smallest absolute Gasteiger partial charge is 0.124 e. The maximum absolute atomic E-state index is 9.01. The molecule has 0 amide bonds. The molecule has 0 unspecified atom stereocenters. The number of hydrogen-bond donors (Lipinski definition) is 3. The summed E-state index contributed by atoms with van der Waals surface area (Å²) >= 11 is 6.17. The Morgan fingerprint density at radius 1 is 1.47 bits per heavy atom. The van der Waals surface area contributed by atoms with Crippen LogP contribution in [0.2, 0.25) is 5.02 Å². The van der Waals surface area contributed by atoms with Gasteiger partial charge in [0.25, 0.3) is 0 Å². The van der Waals surface area contributed by atoms with Gasteiger partial charge in [-0.25, -0.2) is 0 Å². The first-order chi connectivity index (χ1) is 9.13. The quantitative estimate of drug-likeness (QED) is 0.554. The Hall–Kier alpha value is -1.26. The highest BCUT2D eigenvalue weighted by Gasteiger charge is 2.25. The van der Waals surface area contributed by atoms with Crippen molar-refractivity contribution in [2.24, 2.45) is 5.73 Å². The molecule has 19 heavy (non-hydrogen) atoms. The highest BCUT2D eigenvalue weighted by atomic mass is 35.5. The molecule has 1 fully saturated rings. The van der Waals surface area contributed by atoms with E-state index in [4.69, 9.17) is 27.9 Å². The number of amidine groups is 1. The molecule has 0 heterocycles. The van der Waals surface area contributed by atoms with E-state index in [1.807, 2.05) is 12.1 Å². The van der Waals surface area contributed by atoms with Gasteiger partial charge < -0.3 is 15.7 Å². The SMILES string of the molecule is N=C(N)c1ccc(N(CCCO)C2CCC2)cc1Cl. The van der Waals surface area contributed by atoms with Gasteiger partial charge in [0.2, 0.25) is 0 Å². The summed E-state index contributed by atoms with van der Waals surface area (Å²) in [5.41, 5.74) is 7.09. The van der Waals surface area contributed by atoms with Crippen molar-refractivity contribution in [3.63, 3.8) is 0 Å². The number of benzene rings is 1. The average Bonchev–Trinajstić information content (AvgIpc) is 2.31. The zero-order valence-corrected chi connectivity index (χ0v) is 11.7. The number of anilines is 1. The van der Waals surface area contributed by atoms with Crippen LogP contribution in [0.25, 0.3) is 0 Å². The van der Waals surface area contributed by atoms with Crippen LogP contribution in [0.3, 0.4) is 0 Å². The van der Waals surface area contributed by atoms with Gasteiger partial charge in [-0.3, -0.25) is 5.41 Å². The molecular formula is C14H20ClN3O. The molecule has 0 aliphatic heterocycles. The highest BCUT2D eigenvalue weighted by molar-refractivity contribution is 6.34. The summed E-state index contributed by atoms with van der Waals surface area (Å²) in [7, 11) is 0. The van der Waals surface area contributed by atoms with Crippen molar-refractivity contribution in [3.05, 3.63) is 28.8 Å². The third kappa shape index (κ3) is 3.19. The summed E-state index contributed by atoms with van der Waals surface area (Å²) in [5, 5.41) is 17.0. The number of rotatable bonds is 6. The maximum atomic E-state index is 9.01. The van der Waals surface area contributed by atoms with E-state index < -0.39 is 0 Å². The molecule has 4 nitrogen and oxygen atoms in total. The summed E-state index contributed by atoms with van der Waals surface area (Å²) < 4.78 is 0. The molecule has 0 radical (unpaired) electrons. The molecule has 1 aliphatic carbocycles. The van der Waals surface area contributed by atoms with Crippen molar-refractivity contribution >= 4 is 23.1 Å². The second-order valence-electron chi connectivity index (χ2n) is 4.93. The van der Waals surface area contributed by atoms with E-state index in [2.05, 4.69) is 4.90 Å². The van der Waals surface area contributed by atoms with E-state index in [0.717, 1.165) is 18.7 Å². The molecule has 0 saturated heterocycles. The zero-order valence-electron chi connectivity index (χ0n) is 10.9. The first kappa shape index (κ1) is 14.2. The van der Waals surface area contributed by atoms with E-state index in [1.165, 1.54) is 19.3 Å². The molecule has 1 aliphatic rings. The summed E-state index contributed by atoms with van der Waals surface area (Å²) in [6, 6.07) is 6.17. The normalized spacial score (nSPS) is 15.1. The van der Waals surface area contributed by atoms with Gasteiger partial charge in [-0.2, -0.15) is 0 Å². The summed E-state index contributed by atoms with van der Waals surface area (Å²) in [6.45, 7) is 1.03. The number of aliphatic hydroxyl groups is 1. The van der Waals surface area contributed by atoms with Crippen LogP contribution in [-0.2, 0) is 0 Å². The molecule has 104 valence electrons. The fourth-order valence-electron chi connectivity index (χ4n) is 2.36. The van der Waals surface area contributed by atoms with E-state index in [-0.39, 0.29) is 12.4 Å². The Bertz CT molecular complexity index is 460. The van der Waals surface area contributed by atoms with Crippen molar-refractivity contribution in [3.8, 4) is 0 Å². The lowest BCUT2D eigenvalue weighted by Crippen LogP contribution is -2.41. The Kier molecular flexibility index (Phi) is 4.66. The van der Waals surface area contributed by atoms with E-state index >= 15 is 0 Å². The fraction of sp³-hybridized carbons (Fsp3) is 0.500. The Labute approximate surface area is 118 Å². The lowest BCUT2D eigenvalue weighted by Gasteiger charge is -2.39. The van der Waals surface area contributed by atoms with Crippen LogP contribution in [0.15, 0.2) is 18.2 Å². The third-order valence-electron chi connectivity index (χ3n) is 3.65. The Morgan fingerprint density at radius 2 is 2.21 bits per heavy atom. The van der Waals surface area contributed by atoms with Gasteiger partial charge in [0.05, 0.1) is 5.02 Å². The number of hydrogen-bond acceptors (Lipinski definition) is 3. The van der Waals surface area contributed by atoms with Crippen LogP contribution in [0, 0.1) is 5.41 Å².